The lowest BCUT2D eigenvalue weighted by Gasteiger charge is -2.05. The maximum absolute atomic E-state index is 12.0. The number of rotatable bonds is 5. The quantitative estimate of drug-likeness (QED) is 0.669. The number of oxazole rings is 1. The zero-order chi connectivity index (χ0) is 16.2. The average molecular weight is 315 g/mol. The van der Waals surface area contributed by atoms with Crippen LogP contribution >= 0.6 is 0 Å². The van der Waals surface area contributed by atoms with Gasteiger partial charge in [-0.1, -0.05) is 6.92 Å². The van der Waals surface area contributed by atoms with E-state index in [9.17, 15) is 4.79 Å². The van der Waals surface area contributed by atoms with Crippen molar-refractivity contribution >= 4 is 28.5 Å². The Balaban J connectivity index is 1.66. The number of fused-ring (bicyclic) bond motifs is 1. The van der Waals surface area contributed by atoms with Crippen molar-refractivity contribution in [1.82, 2.24) is 14.8 Å². The van der Waals surface area contributed by atoms with E-state index in [1.54, 1.807) is 29.1 Å². The van der Waals surface area contributed by atoms with E-state index in [1.807, 2.05) is 6.92 Å². The Labute approximate surface area is 132 Å². The number of aryl methyl sites for hydroxylation is 1. The van der Waals surface area contributed by atoms with Crippen molar-refractivity contribution in [2.75, 3.05) is 17.2 Å². The number of aliphatic hydroxyl groups excluding tert-OH is 1. The zero-order valence-electron chi connectivity index (χ0n) is 12.6. The molecule has 0 radical (unpaired) electrons. The second kappa shape index (κ2) is 6.49. The second-order valence-electron chi connectivity index (χ2n) is 4.94. The highest BCUT2D eigenvalue weighted by Crippen LogP contribution is 2.20. The fourth-order valence-electron chi connectivity index (χ4n) is 2.15. The molecule has 0 spiro atoms. The SMILES string of the molecule is CCc1nc2cc(NC(=O)Nc3cnn(CCO)c3)ccc2o1. The van der Waals surface area contributed by atoms with E-state index in [0.717, 1.165) is 6.42 Å². The van der Waals surface area contributed by atoms with E-state index >= 15 is 0 Å². The molecule has 3 rings (SSSR count). The Morgan fingerprint density at radius 2 is 2.17 bits per heavy atom. The summed E-state index contributed by atoms with van der Waals surface area (Å²) < 4.78 is 7.07. The van der Waals surface area contributed by atoms with Crippen molar-refractivity contribution < 1.29 is 14.3 Å². The molecule has 3 aromatic rings. The van der Waals surface area contributed by atoms with Crippen molar-refractivity contribution in [1.29, 1.82) is 0 Å². The van der Waals surface area contributed by atoms with E-state index in [2.05, 4.69) is 20.7 Å². The normalized spacial score (nSPS) is 10.9. The minimum Gasteiger partial charge on any atom is -0.441 e. The summed E-state index contributed by atoms with van der Waals surface area (Å²) in [5, 5.41) is 18.3. The number of nitrogens with one attached hydrogen (secondary N) is 2. The smallest absolute Gasteiger partial charge is 0.323 e. The van der Waals surface area contributed by atoms with Gasteiger partial charge < -0.3 is 20.2 Å². The first-order valence-corrected chi connectivity index (χ1v) is 7.28. The first-order valence-electron chi connectivity index (χ1n) is 7.28. The first kappa shape index (κ1) is 15.0. The van der Waals surface area contributed by atoms with Crippen molar-refractivity contribution in [2.45, 2.75) is 19.9 Å². The highest BCUT2D eigenvalue weighted by molar-refractivity contribution is 6.00. The van der Waals surface area contributed by atoms with Gasteiger partial charge in [0, 0.05) is 18.3 Å². The molecule has 0 saturated heterocycles. The number of carbonyl (C=O) groups is 1. The highest BCUT2D eigenvalue weighted by atomic mass is 16.3. The summed E-state index contributed by atoms with van der Waals surface area (Å²) in [6.07, 6.45) is 3.88. The van der Waals surface area contributed by atoms with Gasteiger partial charge in [0.05, 0.1) is 25.0 Å². The van der Waals surface area contributed by atoms with E-state index < -0.39 is 0 Å². The van der Waals surface area contributed by atoms with Gasteiger partial charge in [0.15, 0.2) is 11.5 Å². The topological polar surface area (TPSA) is 105 Å². The number of hydrogen-bond acceptors (Lipinski definition) is 5. The molecule has 2 aromatic heterocycles. The van der Waals surface area contributed by atoms with Gasteiger partial charge in [-0.15, -0.1) is 0 Å². The van der Waals surface area contributed by atoms with Crippen LogP contribution in [0.5, 0.6) is 0 Å². The lowest BCUT2D eigenvalue weighted by atomic mass is 10.3. The van der Waals surface area contributed by atoms with Gasteiger partial charge in [-0.25, -0.2) is 9.78 Å². The van der Waals surface area contributed by atoms with Crippen molar-refractivity contribution in [3.8, 4) is 0 Å². The fraction of sp³-hybridized carbons (Fsp3) is 0.267. The number of nitrogens with zero attached hydrogens (tertiary/aromatic N) is 3. The summed E-state index contributed by atoms with van der Waals surface area (Å²) in [5.74, 6) is 0.665. The Morgan fingerprint density at radius 3 is 2.96 bits per heavy atom. The third kappa shape index (κ3) is 3.49. The van der Waals surface area contributed by atoms with Crippen LogP contribution in [0.15, 0.2) is 35.0 Å². The van der Waals surface area contributed by atoms with Gasteiger partial charge in [-0.2, -0.15) is 5.10 Å². The van der Waals surface area contributed by atoms with Crippen LogP contribution in [0.3, 0.4) is 0 Å². The van der Waals surface area contributed by atoms with Gasteiger partial charge >= 0.3 is 6.03 Å². The van der Waals surface area contributed by atoms with Crippen LogP contribution in [0.4, 0.5) is 16.2 Å². The zero-order valence-corrected chi connectivity index (χ0v) is 12.6. The van der Waals surface area contributed by atoms with Crippen LogP contribution in [-0.4, -0.2) is 32.5 Å². The Hall–Kier alpha value is -2.87. The summed E-state index contributed by atoms with van der Waals surface area (Å²) in [6.45, 7) is 2.34. The van der Waals surface area contributed by atoms with Crippen LogP contribution in [0.25, 0.3) is 11.1 Å². The fourth-order valence-corrected chi connectivity index (χ4v) is 2.15. The Kier molecular flexibility index (Phi) is 4.24. The predicted octanol–water partition coefficient (Wildman–Crippen LogP) is 2.22. The van der Waals surface area contributed by atoms with Gasteiger partial charge in [-0.3, -0.25) is 4.68 Å². The molecule has 8 heteroatoms. The summed E-state index contributed by atoms with van der Waals surface area (Å²) in [6, 6.07) is 4.90. The summed E-state index contributed by atoms with van der Waals surface area (Å²) in [4.78, 5) is 16.3. The molecule has 120 valence electrons. The van der Waals surface area contributed by atoms with Gasteiger partial charge in [0.1, 0.15) is 5.52 Å². The molecule has 0 aliphatic rings. The van der Waals surface area contributed by atoms with Crippen LogP contribution < -0.4 is 10.6 Å². The average Bonchev–Trinajstić information content (AvgIpc) is 3.13. The van der Waals surface area contributed by atoms with Crippen molar-refractivity contribution in [3.63, 3.8) is 0 Å². The monoisotopic (exact) mass is 315 g/mol. The van der Waals surface area contributed by atoms with Crippen LogP contribution in [0.2, 0.25) is 0 Å². The number of hydrogen-bond donors (Lipinski definition) is 3. The van der Waals surface area contributed by atoms with Crippen LogP contribution in [0.1, 0.15) is 12.8 Å². The molecule has 2 amide bonds. The molecule has 0 saturated carbocycles. The molecule has 0 bridgehead atoms. The van der Waals surface area contributed by atoms with E-state index in [4.69, 9.17) is 9.52 Å². The van der Waals surface area contributed by atoms with Gasteiger partial charge in [0.2, 0.25) is 0 Å². The predicted molar refractivity (Wildman–Crippen MR) is 85.3 cm³/mol. The molecule has 0 aliphatic carbocycles. The maximum atomic E-state index is 12.0. The lowest BCUT2D eigenvalue weighted by molar-refractivity contribution is 0.262. The largest absolute Gasteiger partial charge is 0.441 e. The molecule has 0 unspecified atom stereocenters. The summed E-state index contributed by atoms with van der Waals surface area (Å²) in [7, 11) is 0. The Morgan fingerprint density at radius 1 is 1.35 bits per heavy atom. The van der Waals surface area contributed by atoms with Crippen LogP contribution in [0, 0.1) is 0 Å². The number of aromatic nitrogens is 3. The summed E-state index contributed by atoms with van der Waals surface area (Å²) in [5.41, 5.74) is 2.56. The highest BCUT2D eigenvalue weighted by Gasteiger charge is 2.08. The van der Waals surface area contributed by atoms with E-state index in [-0.39, 0.29) is 12.6 Å². The molecule has 3 N–H and O–H groups in total. The standard InChI is InChI=1S/C15H17N5O3/c1-2-14-19-12-7-10(3-4-13(12)23-14)17-15(22)18-11-8-16-20(9-11)5-6-21/h3-4,7-9,21H,2,5-6H2,1H3,(H2,17,18,22). The molecular formula is C15H17N5O3. The molecule has 23 heavy (non-hydrogen) atoms. The molecule has 2 heterocycles. The molecular weight excluding hydrogens is 298 g/mol. The maximum Gasteiger partial charge on any atom is 0.323 e. The van der Waals surface area contributed by atoms with E-state index in [1.165, 1.54) is 6.20 Å². The summed E-state index contributed by atoms with van der Waals surface area (Å²) >= 11 is 0. The number of carbonyl (C=O) groups excluding carboxylic acids is 1. The number of urea groups is 1. The minimum atomic E-state index is -0.382. The molecule has 8 nitrogen and oxygen atoms in total. The second-order valence-corrected chi connectivity index (χ2v) is 4.94. The third-order valence-electron chi connectivity index (χ3n) is 3.21. The number of benzene rings is 1. The first-order chi connectivity index (χ1) is 11.2. The number of amides is 2. The number of anilines is 2. The van der Waals surface area contributed by atoms with Crippen molar-refractivity contribution in [3.05, 3.63) is 36.5 Å². The van der Waals surface area contributed by atoms with Gasteiger partial charge in [-0.05, 0) is 18.2 Å². The molecule has 0 aliphatic heterocycles. The van der Waals surface area contributed by atoms with Crippen molar-refractivity contribution in [2.24, 2.45) is 0 Å². The molecule has 0 atom stereocenters. The third-order valence-corrected chi connectivity index (χ3v) is 3.21. The Bertz CT molecular complexity index is 823. The van der Waals surface area contributed by atoms with E-state index in [0.29, 0.717) is 34.9 Å². The van der Waals surface area contributed by atoms with Gasteiger partial charge in [0.25, 0.3) is 0 Å². The molecule has 1 aromatic carbocycles. The minimum absolute atomic E-state index is 0.00915. The molecule has 0 fully saturated rings. The van der Waals surface area contributed by atoms with Crippen LogP contribution in [-0.2, 0) is 13.0 Å². The number of aliphatic hydroxyl groups is 1. The lowest BCUT2D eigenvalue weighted by Crippen LogP contribution is -2.19.